The normalized spacial score (nSPS) is 18.6. The predicted molar refractivity (Wildman–Crippen MR) is 69.8 cm³/mol. The first-order valence-corrected chi connectivity index (χ1v) is 6.84. The lowest BCUT2D eigenvalue weighted by atomic mass is 9.88. The molecule has 1 aromatic heterocycles. The fraction of sp³-hybridized carbons (Fsp3) is 0.636. The van der Waals surface area contributed by atoms with Crippen LogP contribution < -0.4 is 5.32 Å². The second-order valence-electron chi connectivity index (χ2n) is 4.41. The molecule has 1 saturated carbocycles. The maximum Gasteiger partial charge on any atom is 0.143 e. The van der Waals surface area contributed by atoms with Crippen molar-refractivity contribution in [3.8, 4) is 0 Å². The zero-order chi connectivity index (χ0) is 11.4. The molecule has 0 aromatic carbocycles. The van der Waals surface area contributed by atoms with E-state index in [1.165, 1.54) is 25.7 Å². The van der Waals surface area contributed by atoms with Crippen molar-refractivity contribution in [2.75, 3.05) is 17.7 Å². The van der Waals surface area contributed by atoms with Crippen LogP contribution in [0.1, 0.15) is 25.7 Å². The minimum atomic E-state index is 0.256. The molecule has 0 unspecified atom stereocenters. The maximum atomic E-state index is 6.09. The topological polar surface area (TPSA) is 37.8 Å². The Bertz CT molecular complexity index is 353. The van der Waals surface area contributed by atoms with Crippen molar-refractivity contribution in [1.82, 2.24) is 9.97 Å². The van der Waals surface area contributed by atoms with E-state index in [1.54, 1.807) is 12.5 Å². The second-order valence-corrected chi connectivity index (χ2v) is 5.54. The smallest absolute Gasteiger partial charge is 0.143 e. The van der Waals surface area contributed by atoms with Crippen LogP contribution in [-0.4, -0.2) is 22.4 Å². The van der Waals surface area contributed by atoms with Crippen molar-refractivity contribution in [1.29, 1.82) is 0 Å². The minimum absolute atomic E-state index is 0.256. The van der Waals surface area contributed by atoms with E-state index in [2.05, 4.69) is 31.2 Å². The Hall–Kier alpha value is -0.350. The Morgan fingerprint density at radius 1 is 1.44 bits per heavy atom. The summed E-state index contributed by atoms with van der Waals surface area (Å²) in [6.45, 7) is 0.895. The van der Waals surface area contributed by atoms with Crippen molar-refractivity contribution >= 4 is 33.3 Å². The van der Waals surface area contributed by atoms with E-state index < -0.39 is 0 Å². The summed E-state index contributed by atoms with van der Waals surface area (Å²) in [5.41, 5.74) is 0.256. The van der Waals surface area contributed by atoms with E-state index in [-0.39, 0.29) is 5.41 Å². The summed E-state index contributed by atoms with van der Waals surface area (Å²) in [4.78, 5) is 8.13. The average molecular weight is 305 g/mol. The van der Waals surface area contributed by atoms with Gasteiger partial charge < -0.3 is 5.32 Å². The van der Waals surface area contributed by atoms with E-state index in [0.717, 1.165) is 22.7 Å². The van der Waals surface area contributed by atoms with Crippen LogP contribution >= 0.6 is 27.5 Å². The van der Waals surface area contributed by atoms with Crippen LogP contribution in [0.3, 0.4) is 0 Å². The van der Waals surface area contributed by atoms with E-state index >= 15 is 0 Å². The zero-order valence-corrected chi connectivity index (χ0v) is 11.4. The van der Waals surface area contributed by atoms with Gasteiger partial charge in [-0.25, -0.2) is 9.97 Å². The molecular formula is C11H15BrClN3. The largest absolute Gasteiger partial charge is 0.368 e. The number of rotatable bonds is 4. The Morgan fingerprint density at radius 2 is 2.19 bits per heavy atom. The molecule has 0 radical (unpaired) electrons. The van der Waals surface area contributed by atoms with Gasteiger partial charge in [0.2, 0.25) is 0 Å². The molecule has 16 heavy (non-hydrogen) atoms. The van der Waals surface area contributed by atoms with Crippen molar-refractivity contribution < 1.29 is 0 Å². The fourth-order valence-electron chi connectivity index (χ4n) is 2.20. The molecule has 0 atom stereocenters. The number of hydrogen-bond acceptors (Lipinski definition) is 3. The first-order valence-electron chi connectivity index (χ1n) is 5.51. The summed E-state index contributed by atoms with van der Waals surface area (Å²) < 4.78 is 0.901. The van der Waals surface area contributed by atoms with E-state index in [4.69, 9.17) is 11.6 Å². The number of alkyl halides is 1. The van der Waals surface area contributed by atoms with Gasteiger partial charge in [0, 0.05) is 24.0 Å². The second kappa shape index (κ2) is 5.32. The van der Waals surface area contributed by atoms with Gasteiger partial charge in [-0.3, -0.25) is 0 Å². The molecule has 88 valence electrons. The Morgan fingerprint density at radius 3 is 2.81 bits per heavy atom. The molecule has 1 aliphatic carbocycles. The third-order valence-electron chi connectivity index (χ3n) is 3.25. The molecule has 0 aliphatic heterocycles. The third-order valence-corrected chi connectivity index (χ3v) is 4.39. The summed E-state index contributed by atoms with van der Waals surface area (Å²) in [5, 5.41) is 3.36. The lowest BCUT2D eigenvalue weighted by molar-refractivity contribution is 0.368. The van der Waals surface area contributed by atoms with Gasteiger partial charge >= 0.3 is 0 Å². The first kappa shape index (κ1) is 12.1. The van der Waals surface area contributed by atoms with Gasteiger partial charge in [0.05, 0.1) is 4.47 Å². The molecule has 3 nitrogen and oxygen atoms in total. The predicted octanol–water partition coefficient (Wildman–Crippen LogP) is 3.45. The highest BCUT2D eigenvalue weighted by atomic mass is 79.9. The number of nitrogens with one attached hydrogen (secondary N) is 1. The molecule has 2 rings (SSSR count). The molecule has 0 saturated heterocycles. The van der Waals surface area contributed by atoms with Gasteiger partial charge in [0.1, 0.15) is 12.1 Å². The van der Waals surface area contributed by atoms with E-state index in [9.17, 15) is 0 Å². The van der Waals surface area contributed by atoms with Crippen LogP contribution in [0.15, 0.2) is 17.0 Å². The summed E-state index contributed by atoms with van der Waals surface area (Å²) in [5.74, 6) is 1.58. The van der Waals surface area contributed by atoms with Crippen molar-refractivity contribution in [3.63, 3.8) is 0 Å². The molecule has 1 heterocycles. The van der Waals surface area contributed by atoms with Crippen LogP contribution in [0.5, 0.6) is 0 Å². The maximum absolute atomic E-state index is 6.09. The van der Waals surface area contributed by atoms with Crippen LogP contribution in [0, 0.1) is 5.41 Å². The molecule has 1 N–H and O–H groups in total. The van der Waals surface area contributed by atoms with Crippen molar-refractivity contribution in [3.05, 3.63) is 17.0 Å². The average Bonchev–Trinajstić information content (AvgIpc) is 2.78. The van der Waals surface area contributed by atoms with Crippen LogP contribution in [0.25, 0.3) is 0 Å². The zero-order valence-electron chi connectivity index (χ0n) is 9.05. The van der Waals surface area contributed by atoms with Gasteiger partial charge in [-0.05, 0) is 28.8 Å². The monoisotopic (exact) mass is 303 g/mol. The van der Waals surface area contributed by atoms with E-state index in [0.29, 0.717) is 0 Å². The molecular weight excluding hydrogens is 289 g/mol. The Balaban J connectivity index is 1.98. The number of hydrogen-bond donors (Lipinski definition) is 1. The Kier molecular flexibility index (Phi) is 4.03. The van der Waals surface area contributed by atoms with Crippen LogP contribution in [-0.2, 0) is 0 Å². The first-order chi connectivity index (χ1) is 7.76. The summed E-state index contributed by atoms with van der Waals surface area (Å²) in [6.07, 6.45) is 8.31. The highest BCUT2D eigenvalue weighted by Gasteiger charge is 2.32. The third kappa shape index (κ3) is 2.66. The molecule has 5 heteroatoms. The highest BCUT2D eigenvalue weighted by molar-refractivity contribution is 9.10. The van der Waals surface area contributed by atoms with Gasteiger partial charge in [-0.15, -0.1) is 11.6 Å². The lowest BCUT2D eigenvalue weighted by Crippen LogP contribution is -2.28. The fourth-order valence-corrected chi connectivity index (χ4v) is 2.92. The molecule has 1 fully saturated rings. The number of anilines is 1. The summed E-state index contributed by atoms with van der Waals surface area (Å²) in [6, 6.07) is 0. The van der Waals surface area contributed by atoms with E-state index in [1.807, 2.05) is 0 Å². The molecule has 1 aliphatic rings. The molecule has 1 aromatic rings. The summed E-state index contributed by atoms with van der Waals surface area (Å²) in [7, 11) is 0. The number of nitrogens with zero attached hydrogens (tertiary/aromatic N) is 2. The molecule has 0 amide bonds. The van der Waals surface area contributed by atoms with Crippen molar-refractivity contribution in [2.24, 2.45) is 5.41 Å². The van der Waals surface area contributed by atoms with Gasteiger partial charge in [-0.1, -0.05) is 12.8 Å². The van der Waals surface area contributed by atoms with Gasteiger partial charge in [0.25, 0.3) is 0 Å². The standard InChI is InChI=1S/C11H15BrClN3/c12-9-5-14-8-16-10(9)15-7-11(6-13)3-1-2-4-11/h5,8H,1-4,6-7H2,(H,14,15,16). The number of aromatic nitrogens is 2. The number of halogens is 2. The quantitative estimate of drug-likeness (QED) is 0.866. The molecule has 0 bridgehead atoms. The van der Waals surface area contributed by atoms with Crippen LogP contribution in [0.2, 0.25) is 0 Å². The minimum Gasteiger partial charge on any atom is -0.368 e. The van der Waals surface area contributed by atoms with Gasteiger partial charge in [0.15, 0.2) is 0 Å². The van der Waals surface area contributed by atoms with Crippen LogP contribution in [0.4, 0.5) is 5.82 Å². The Labute approximate surface area is 109 Å². The molecule has 0 spiro atoms. The van der Waals surface area contributed by atoms with Gasteiger partial charge in [-0.2, -0.15) is 0 Å². The highest BCUT2D eigenvalue weighted by Crippen LogP contribution is 2.39. The summed E-state index contributed by atoms with van der Waals surface area (Å²) >= 11 is 9.51. The van der Waals surface area contributed by atoms with Crippen molar-refractivity contribution in [2.45, 2.75) is 25.7 Å². The lowest BCUT2D eigenvalue weighted by Gasteiger charge is -2.26. The SMILES string of the molecule is ClCC1(CNc2ncncc2Br)CCCC1.